The largest absolute Gasteiger partial charge is 0.338 e. The second kappa shape index (κ2) is 2.95. The van der Waals surface area contributed by atoms with Crippen LogP contribution in [0.25, 0.3) is 0 Å². The molecule has 2 aliphatic heterocycles. The summed E-state index contributed by atoms with van der Waals surface area (Å²) in [6.07, 6.45) is 1.01. The maximum Gasteiger partial charge on any atom is 0.281 e. The first-order valence-electron chi connectivity index (χ1n) is 4.27. The highest BCUT2D eigenvalue weighted by Gasteiger charge is 2.35. The first kappa shape index (κ1) is 7.31. The summed E-state index contributed by atoms with van der Waals surface area (Å²) < 4.78 is 0. The van der Waals surface area contributed by atoms with Crippen molar-refractivity contribution in [2.24, 2.45) is 11.8 Å². The molecule has 0 amide bonds. The van der Waals surface area contributed by atoms with Crippen LogP contribution in [0.5, 0.6) is 0 Å². The molecule has 1 N–H and O–H groups in total. The van der Waals surface area contributed by atoms with E-state index in [0.29, 0.717) is 7.41 Å². The van der Waals surface area contributed by atoms with Crippen molar-refractivity contribution in [1.29, 1.82) is 0 Å². The molecule has 0 aromatic carbocycles. The standard InChI is InChI=1S/C7H13BN2O/c11-5-8-10-3-6-1-9-2-7(6)4-10/h5-9H,1-4H2. The topological polar surface area (TPSA) is 32.3 Å². The first-order valence-corrected chi connectivity index (χ1v) is 4.27. The van der Waals surface area contributed by atoms with Crippen LogP contribution in [0.15, 0.2) is 0 Å². The van der Waals surface area contributed by atoms with Crippen molar-refractivity contribution < 1.29 is 4.79 Å². The minimum absolute atomic E-state index is 0.632. The van der Waals surface area contributed by atoms with E-state index in [1.165, 1.54) is 0 Å². The van der Waals surface area contributed by atoms with Gasteiger partial charge in [-0.2, -0.15) is 0 Å². The van der Waals surface area contributed by atoms with E-state index in [4.69, 9.17) is 0 Å². The molecular weight excluding hydrogens is 139 g/mol. The van der Waals surface area contributed by atoms with E-state index in [9.17, 15) is 4.79 Å². The number of carbonyl (C=O) groups is 1. The number of fused-ring (bicyclic) bond motifs is 1. The molecule has 0 saturated carbocycles. The molecule has 2 aliphatic rings. The van der Waals surface area contributed by atoms with E-state index < -0.39 is 0 Å². The Hall–Kier alpha value is -0.345. The summed E-state index contributed by atoms with van der Waals surface area (Å²) in [7, 11) is 0.632. The molecule has 11 heavy (non-hydrogen) atoms. The fraction of sp³-hybridized carbons (Fsp3) is 0.857. The van der Waals surface area contributed by atoms with E-state index in [1.807, 2.05) is 0 Å². The van der Waals surface area contributed by atoms with Gasteiger partial charge >= 0.3 is 0 Å². The van der Waals surface area contributed by atoms with Crippen molar-refractivity contribution in [2.45, 2.75) is 0 Å². The Morgan fingerprint density at radius 2 is 2.00 bits per heavy atom. The minimum atomic E-state index is 0.632. The Morgan fingerprint density at radius 1 is 1.36 bits per heavy atom. The highest BCUT2D eigenvalue weighted by molar-refractivity contribution is 6.64. The molecule has 4 heteroatoms. The summed E-state index contributed by atoms with van der Waals surface area (Å²) in [6.45, 7) is 4.55. The van der Waals surface area contributed by atoms with Gasteiger partial charge in [-0.15, -0.1) is 0 Å². The lowest BCUT2D eigenvalue weighted by atomic mass is 9.95. The van der Waals surface area contributed by atoms with Gasteiger partial charge in [-0.05, 0) is 38.0 Å². The van der Waals surface area contributed by atoms with Crippen molar-refractivity contribution in [3.63, 3.8) is 0 Å². The fourth-order valence-electron chi connectivity index (χ4n) is 2.21. The van der Waals surface area contributed by atoms with Crippen molar-refractivity contribution >= 4 is 13.6 Å². The number of nitrogens with one attached hydrogen (secondary N) is 1. The quantitative estimate of drug-likeness (QED) is 0.393. The molecule has 2 heterocycles. The van der Waals surface area contributed by atoms with Crippen LogP contribution in [0.3, 0.4) is 0 Å². The van der Waals surface area contributed by atoms with Crippen molar-refractivity contribution in [3.8, 4) is 0 Å². The SMILES string of the molecule is O=CBN1CC2CNCC2C1. The second-order valence-electron chi connectivity index (χ2n) is 3.56. The van der Waals surface area contributed by atoms with Gasteiger partial charge in [0.25, 0.3) is 7.41 Å². The molecule has 2 unspecified atom stereocenters. The molecule has 0 radical (unpaired) electrons. The number of nitrogens with zero attached hydrogens (tertiary/aromatic N) is 1. The zero-order chi connectivity index (χ0) is 7.68. The van der Waals surface area contributed by atoms with Crippen LogP contribution in [-0.2, 0) is 4.79 Å². The smallest absolute Gasteiger partial charge is 0.281 e. The van der Waals surface area contributed by atoms with Crippen LogP contribution in [0, 0.1) is 11.8 Å². The van der Waals surface area contributed by atoms with Crippen LogP contribution in [0.2, 0.25) is 0 Å². The van der Waals surface area contributed by atoms with Gasteiger partial charge in [-0.1, -0.05) is 0 Å². The third kappa shape index (κ3) is 1.33. The lowest BCUT2D eigenvalue weighted by Crippen LogP contribution is -2.29. The van der Waals surface area contributed by atoms with E-state index in [1.54, 1.807) is 0 Å². The van der Waals surface area contributed by atoms with Crippen LogP contribution < -0.4 is 5.32 Å². The number of carbonyl (C=O) groups excluding carboxylic acids is 1. The van der Waals surface area contributed by atoms with E-state index in [0.717, 1.165) is 44.2 Å². The zero-order valence-corrected chi connectivity index (χ0v) is 6.62. The van der Waals surface area contributed by atoms with E-state index in [2.05, 4.69) is 10.1 Å². The first-order chi connectivity index (χ1) is 5.40. The Bertz CT molecular complexity index is 153. The van der Waals surface area contributed by atoms with Gasteiger partial charge in [-0.3, -0.25) is 0 Å². The van der Waals surface area contributed by atoms with Gasteiger partial charge < -0.3 is 14.9 Å². The molecule has 2 fully saturated rings. The predicted octanol–water partition coefficient (Wildman–Crippen LogP) is -1.32. The minimum Gasteiger partial charge on any atom is -0.338 e. The Kier molecular flexibility index (Phi) is 1.96. The van der Waals surface area contributed by atoms with Crippen molar-refractivity contribution in [3.05, 3.63) is 0 Å². The molecule has 2 atom stereocenters. The molecule has 0 aromatic rings. The monoisotopic (exact) mass is 152 g/mol. The van der Waals surface area contributed by atoms with Crippen molar-refractivity contribution in [1.82, 2.24) is 10.1 Å². The summed E-state index contributed by atoms with van der Waals surface area (Å²) in [5.74, 6) is 1.63. The fourth-order valence-corrected chi connectivity index (χ4v) is 2.21. The van der Waals surface area contributed by atoms with Crippen LogP contribution >= 0.6 is 0 Å². The maximum atomic E-state index is 10.2. The molecule has 2 rings (SSSR count). The highest BCUT2D eigenvalue weighted by Crippen LogP contribution is 2.24. The summed E-state index contributed by atoms with van der Waals surface area (Å²) in [6, 6.07) is 0. The summed E-state index contributed by atoms with van der Waals surface area (Å²) >= 11 is 0. The Morgan fingerprint density at radius 3 is 2.55 bits per heavy atom. The molecule has 3 nitrogen and oxygen atoms in total. The average Bonchev–Trinajstić information content (AvgIpc) is 2.46. The molecular formula is C7H13BN2O. The van der Waals surface area contributed by atoms with E-state index >= 15 is 0 Å². The van der Waals surface area contributed by atoms with Gasteiger partial charge in [0.2, 0.25) is 0 Å². The zero-order valence-electron chi connectivity index (χ0n) is 6.62. The number of hydrogen-bond donors (Lipinski definition) is 1. The molecule has 2 saturated heterocycles. The van der Waals surface area contributed by atoms with Crippen molar-refractivity contribution in [2.75, 3.05) is 26.2 Å². The lowest BCUT2D eigenvalue weighted by molar-refractivity contribution is 0.494. The Balaban J connectivity index is 1.89. The molecule has 0 bridgehead atoms. The Labute approximate surface area is 67.4 Å². The summed E-state index contributed by atoms with van der Waals surface area (Å²) in [4.78, 5) is 12.5. The molecule has 0 spiro atoms. The van der Waals surface area contributed by atoms with Gasteiger partial charge in [0.1, 0.15) is 0 Å². The van der Waals surface area contributed by atoms with Gasteiger partial charge in [0, 0.05) is 0 Å². The average molecular weight is 152 g/mol. The third-order valence-electron chi connectivity index (χ3n) is 2.80. The molecule has 0 aromatic heterocycles. The third-order valence-corrected chi connectivity index (χ3v) is 2.80. The summed E-state index contributed by atoms with van der Waals surface area (Å²) in [5, 5.41) is 3.37. The normalized spacial score (nSPS) is 37.1. The van der Waals surface area contributed by atoms with Crippen LogP contribution in [0.4, 0.5) is 0 Å². The molecule has 60 valence electrons. The van der Waals surface area contributed by atoms with E-state index in [-0.39, 0.29) is 0 Å². The van der Waals surface area contributed by atoms with Crippen LogP contribution in [0.1, 0.15) is 0 Å². The van der Waals surface area contributed by atoms with Gasteiger partial charge in [0.15, 0.2) is 0 Å². The van der Waals surface area contributed by atoms with Gasteiger partial charge in [0.05, 0.1) is 6.19 Å². The lowest BCUT2D eigenvalue weighted by Gasteiger charge is -2.11. The second-order valence-corrected chi connectivity index (χ2v) is 3.56. The predicted molar refractivity (Wildman–Crippen MR) is 45.3 cm³/mol. The maximum absolute atomic E-state index is 10.2. The number of hydrogen-bond acceptors (Lipinski definition) is 3. The van der Waals surface area contributed by atoms with Gasteiger partial charge in [-0.25, -0.2) is 0 Å². The number of rotatable bonds is 2. The molecule has 0 aliphatic carbocycles. The summed E-state index contributed by atoms with van der Waals surface area (Å²) in [5.41, 5.74) is 0. The van der Waals surface area contributed by atoms with Crippen LogP contribution in [-0.4, -0.2) is 44.6 Å². The highest BCUT2D eigenvalue weighted by atomic mass is 16.1.